The molecular weight excluding hydrogens is 692 g/mol. The van der Waals surface area contributed by atoms with Crippen LogP contribution in [0.2, 0.25) is 0 Å². The molecule has 0 saturated carbocycles. The Balaban J connectivity index is 0.997. The summed E-state index contributed by atoms with van der Waals surface area (Å²) < 4.78 is 62.9. The van der Waals surface area contributed by atoms with Gasteiger partial charge in [0.25, 0.3) is 0 Å². The number of rotatable bonds is 20. The van der Waals surface area contributed by atoms with Crippen LogP contribution in [0.1, 0.15) is 83.8 Å². The average molecular weight is 740 g/mol. The minimum Gasteiger partial charge on any atom is -0.387 e. The highest BCUT2D eigenvalue weighted by Gasteiger charge is 2.52. The molecule has 0 spiro atoms. The molecule has 0 bridgehead atoms. The first-order valence-corrected chi connectivity index (χ1v) is 19.6. The molecule has 0 aromatic carbocycles. The van der Waals surface area contributed by atoms with Crippen LogP contribution in [-0.2, 0) is 41.4 Å². The van der Waals surface area contributed by atoms with Crippen molar-refractivity contribution in [1.82, 2.24) is 19.5 Å². The van der Waals surface area contributed by atoms with Gasteiger partial charge >= 0.3 is 15.6 Å². The molecule has 0 aliphatic carbocycles. The molecule has 0 amide bonds. The van der Waals surface area contributed by atoms with E-state index in [0.29, 0.717) is 6.42 Å². The zero-order valence-corrected chi connectivity index (χ0v) is 29.0. The largest absolute Gasteiger partial charge is 0.481 e. The predicted octanol–water partition coefficient (Wildman–Crippen LogP) is 2.42. The van der Waals surface area contributed by atoms with Gasteiger partial charge in [-0.1, -0.05) is 64.7 Å². The van der Waals surface area contributed by atoms with Crippen molar-refractivity contribution in [3.63, 3.8) is 0 Å². The molecular formula is C28H47N5O14P2. The topological polar surface area (TPSA) is 270 Å². The van der Waals surface area contributed by atoms with Crippen molar-refractivity contribution in [2.45, 2.75) is 133 Å². The van der Waals surface area contributed by atoms with Gasteiger partial charge in [-0.25, -0.2) is 24.1 Å². The molecule has 278 valence electrons. The van der Waals surface area contributed by atoms with E-state index in [1.165, 1.54) is 62.2 Å². The fourth-order valence-corrected chi connectivity index (χ4v) is 8.14. The summed E-state index contributed by atoms with van der Waals surface area (Å²) in [4.78, 5) is 32.1. The number of imidazole rings is 1. The Morgan fingerprint density at radius 2 is 1.41 bits per heavy atom. The van der Waals surface area contributed by atoms with Crippen molar-refractivity contribution in [3.05, 3.63) is 12.7 Å². The monoisotopic (exact) mass is 739 g/mol. The number of hydrogen-bond donors (Lipinski definition) is 6. The number of phosphoric acid groups is 2. The van der Waals surface area contributed by atoms with E-state index in [-0.39, 0.29) is 17.0 Å². The molecule has 3 aliphatic rings. The van der Waals surface area contributed by atoms with Crippen LogP contribution >= 0.6 is 15.6 Å². The normalized spacial score (nSPS) is 32.4. The lowest BCUT2D eigenvalue weighted by atomic mass is 10.1. The number of nitrogens with zero attached hydrogens (tertiary/aromatic N) is 4. The minimum absolute atomic E-state index is 0.0765. The van der Waals surface area contributed by atoms with E-state index < -0.39 is 84.3 Å². The molecule has 2 aromatic heterocycles. The van der Waals surface area contributed by atoms with E-state index in [1.807, 2.05) is 0 Å². The van der Waals surface area contributed by atoms with E-state index in [0.717, 1.165) is 19.3 Å². The second-order valence-corrected chi connectivity index (χ2v) is 15.5. The fourth-order valence-electron chi connectivity index (χ4n) is 6.05. The highest BCUT2D eigenvalue weighted by atomic mass is 31.3. The lowest BCUT2D eigenvalue weighted by molar-refractivity contribution is -0.175. The molecule has 21 heteroatoms. The van der Waals surface area contributed by atoms with Gasteiger partial charge in [-0.3, -0.25) is 13.6 Å². The molecule has 2 aromatic rings. The van der Waals surface area contributed by atoms with Crippen molar-refractivity contribution < 1.29 is 66.5 Å². The van der Waals surface area contributed by atoms with Crippen LogP contribution in [0.25, 0.3) is 11.2 Å². The summed E-state index contributed by atoms with van der Waals surface area (Å²) in [6, 6.07) is 0. The Labute approximate surface area is 283 Å². The molecule has 0 radical (unpaired) electrons. The van der Waals surface area contributed by atoms with Crippen LogP contribution in [0.5, 0.6) is 0 Å². The summed E-state index contributed by atoms with van der Waals surface area (Å²) in [5.74, 6) is 0.0765. The van der Waals surface area contributed by atoms with Crippen molar-refractivity contribution in [2.75, 3.05) is 18.9 Å². The standard InChI is InChI=1S/C28H47N5O14P2/c1-2-3-4-5-6-7-8-9-10-11-12-19-45-24-22(35)18(44-28(24)46-19)14-42-49(39,40)47-48(37,38)41-13-17-21(34)23(36)27(43-17)33-16-32-20-25(29)30-15-31-26(20)33/h15-19,21-24,27-28,34-36H,2-14H2,1H3,(H,37,38)(H,39,40)(H2,29,30,31)/t17-,18+,19+,21-,22-,23-,24+,27-,28+/m1/s1. The third-order valence-electron chi connectivity index (χ3n) is 8.69. The molecule has 11 atom stereocenters. The SMILES string of the molecule is CCCCCCCCCCCC[C@@H]1O[C@@H]2O[C@@H](COP(=O)(O)OP(=O)(O)OC[C@H]3O[C@@H](n4cnc5c(N)ncnc54)[C@H](O)[C@@H]3O)[C@@H](O)[C@@H]2O1. The number of ether oxygens (including phenoxy) is 4. The molecule has 5 rings (SSSR count). The second-order valence-electron chi connectivity index (χ2n) is 12.4. The minimum atomic E-state index is -5.29. The number of hydrogen-bond acceptors (Lipinski definition) is 16. The van der Waals surface area contributed by atoms with E-state index in [2.05, 4.69) is 26.2 Å². The van der Waals surface area contributed by atoms with Crippen LogP contribution in [0.3, 0.4) is 0 Å². The Hall–Kier alpha value is -1.67. The fraction of sp³-hybridized carbons (Fsp3) is 0.821. The maximum Gasteiger partial charge on any atom is 0.481 e. The number of unbranched alkanes of at least 4 members (excludes halogenated alkanes) is 9. The van der Waals surface area contributed by atoms with Crippen LogP contribution in [-0.4, -0.2) is 107 Å². The molecule has 5 heterocycles. The first-order valence-electron chi connectivity index (χ1n) is 16.6. The Kier molecular flexibility index (Phi) is 13.6. The van der Waals surface area contributed by atoms with Crippen LogP contribution in [0, 0.1) is 0 Å². The first-order chi connectivity index (χ1) is 23.4. The van der Waals surface area contributed by atoms with Gasteiger partial charge < -0.3 is 49.8 Å². The summed E-state index contributed by atoms with van der Waals surface area (Å²) >= 11 is 0. The maximum atomic E-state index is 12.5. The van der Waals surface area contributed by atoms with E-state index in [9.17, 15) is 34.2 Å². The molecule has 3 fully saturated rings. The summed E-state index contributed by atoms with van der Waals surface area (Å²) in [5, 5.41) is 31.6. The highest BCUT2D eigenvalue weighted by Crippen LogP contribution is 2.60. The lowest BCUT2D eigenvalue weighted by Gasteiger charge is -2.22. The molecule has 49 heavy (non-hydrogen) atoms. The predicted molar refractivity (Wildman–Crippen MR) is 169 cm³/mol. The van der Waals surface area contributed by atoms with Gasteiger partial charge in [0, 0.05) is 0 Å². The van der Waals surface area contributed by atoms with Crippen LogP contribution in [0.15, 0.2) is 12.7 Å². The third-order valence-corrected chi connectivity index (χ3v) is 11.3. The average Bonchev–Trinajstić information content (AvgIpc) is 3.80. The Morgan fingerprint density at radius 1 is 0.796 bits per heavy atom. The summed E-state index contributed by atoms with van der Waals surface area (Å²) in [6.45, 7) is 0.666. The number of nitrogen functional groups attached to an aromatic ring is 1. The van der Waals surface area contributed by atoms with Gasteiger partial charge in [0.05, 0.1) is 19.5 Å². The highest BCUT2D eigenvalue weighted by molar-refractivity contribution is 7.61. The summed E-state index contributed by atoms with van der Waals surface area (Å²) in [5.41, 5.74) is 6.20. The number of aliphatic hydroxyl groups excluding tert-OH is 3. The number of aromatic nitrogens is 4. The van der Waals surface area contributed by atoms with Crippen molar-refractivity contribution in [2.24, 2.45) is 0 Å². The smallest absolute Gasteiger partial charge is 0.387 e. The van der Waals surface area contributed by atoms with E-state index in [4.69, 9.17) is 33.7 Å². The van der Waals surface area contributed by atoms with Gasteiger partial charge in [-0.2, -0.15) is 4.31 Å². The number of nitrogens with two attached hydrogens (primary N) is 1. The molecule has 3 saturated heterocycles. The zero-order chi connectivity index (χ0) is 35.2. The quantitative estimate of drug-likeness (QED) is 0.0840. The van der Waals surface area contributed by atoms with Crippen molar-refractivity contribution in [3.8, 4) is 0 Å². The zero-order valence-electron chi connectivity index (χ0n) is 27.2. The molecule has 3 aliphatic heterocycles. The van der Waals surface area contributed by atoms with Gasteiger partial charge in [0.2, 0.25) is 0 Å². The van der Waals surface area contributed by atoms with Gasteiger partial charge in [0.1, 0.15) is 48.5 Å². The van der Waals surface area contributed by atoms with E-state index in [1.54, 1.807) is 0 Å². The van der Waals surface area contributed by atoms with E-state index >= 15 is 0 Å². The number of aliphatic hydroxyl groups is 3. The maximum absolute atomic E-state index is 12.5. The van der Waals surface area contributed by atoms with Crippen LogP contribution in [0.4, 0.5) is 5.82 Å². The number of phosphoric ester groups is 2. The number of fused-ring (bicyclic) bond motifs is 2. The van der Waals surface area contributed by atoms with Crippen molar-refractivity contribution in [1.29, 1.82) is 0 Å². The Morgan fingerprint density at radius 3 is 2.04 bits per heavy atom. The van der Waals surface area contributed by atoms with Crippen molar-refractivity contribution >= 4 is 32.6 Å². The van der Waals surface area contributed by atoms with Gasteiger partial charge in [0.15, 0.2) is 30.3 Å². The Bertz CT molecular complexity index is 1460. The first kappa shape index (κ1) is 38.6. The summed E-state index contributed by atoms with van der Waals surface area (Å²) in [7, 11) is -10.5. The summed E-state index contributed by atoms with van der Waals surface area (Å²) in [6.07, 6.45) is 4.51. The van der Waals surface area contributed by atoms with Gasteiger partial charge in [-0.15, -0.1) is 0 Å². The second kappa shape index (κ2) is 17.2. The third kappa shape index (κ3) is 10.0. The lowest BCUT2D eigenvalue weighted by Crippen LogP contribution is -2.34. The molecule has 19 nitrogen and oxygen atoms in total. The molecule has 7 N–H and O–H groups in total. The van der Waals surface area contributed by atoms with Crippen LogP contribution < -0.4 is 5.73 Å². The van der Waals surface area contributed by atoms with Gasteiger partial charge in [-0.05, 0) is 12.8 Å². The number of anilines is 1. The molecule has 2 unspecified atom stereocenters.